The molecule has 3 aromatic rings. The fraction of sp³-hybridized carbons (Fsp3) is 0.222. The van der Waals surface area contributed by atoms with Gasteiger partial charge < -0.3 is 14.8 Å². The summed E-state index contributed by atoms with van der Waals surface area (Å²) in [7, 11) is 3.08. The van der Waals surface area contributed by atoms with Gasteiger partial charge >= 0.3 is 0 Å². The first-order valence-corrected chi connectivity index (χ1v) is 10.0. The van der Waals surface area contributed by atoms with Gasteiger partial charge in [0.1, 0.15) is 23.0 Å². The zero-order valence-electron chi connectivity index (χ0n) is 15.7. The van der Waals surface area contributed by atoms with Crippen LogP contribution in [0.3, 0.4) is 0 Å². The number of thioether (sulfide) groups is 1. The van der Waals surface area contributed by atoms with Crippen LogP contribution in [0.25, 0.3) is 5.69 Å². The molecule has 0 bridgehead atoms. The highest BCUT2D eigenvalue weighted by atomic mass is 79.9. The summed E-state index contributed by atoms with van der Waals surface area (Å²) in [6, 6.07) is 9.62. The van der Waals surface area contributed by atoms with Crippen molar-refractivity contribution in [3.63, 3.8) is 0 Å². The fourth-order valence-corrected chi connectivity index (χ4v) is 3.54. The van der Waals surface area contributed by atoms with Gasteiger partial charge in [0, 0.05) is 10.5 Å². The summed E-state index contributed by atoms with van der Waals surface area (Å²) in [4.78, 5) is 12.5. The van der Waals surface area contributed by atoms with Crippen LogP contribution in [0.4, 0.5) is 10.1 Å². The Morgan fingerprint density at radius 3 is 2.72 bits per heavy atom. The molecule has 1 atom stereocenters. The van der Waals surface area contributed by atoms with Gasteiger partial charge in [0.25, 0.3) is 0 Å². The van der Waals surface area contributed by atoms with Crippen molar-refractivity contribution in [1.29, 1.82) is 0 Å². The highest BCUT2D eigenvalue weighted by molar-refractivity contribution is 9.10. The maximum absolute atomic E-state index is 14.0. The van der Waals surface area contributed by atoms with Gasteiger partial charge in [0.05, 0.1) is 25.2 Å². The second kappa shape index (κ2) is 9.23. The van der Waals surface area contributed by atoms with Gasteiger partial charge in [-0.25, -0.2) is 4.39 Å². The van der Waals surface area contributed by atoms with Gasteiger partial charge in [-0.3, -0.25) is 4.79 Å². The Balaban J connectivity index is 1.80. The number of nitrogens with one attached hydrogen (secondary N) is 1. The van der Waals surface area contributed by atoms with E-state index in [9.17, 15) is 9.18 Å². The van der Waals surface area contributed by atoms with Gasteiger partial charge in [0.2, 0.25) is 11.1 Å². The quantitative estimate of drug-likeness (QED) is 0.514. The molecule has 0 aliphatic carbocycles. The topological polar surface area (TPSA) is 91.2 Å². The van der Waals surface area contributed by atoms with Crippen LogP contribution in [0.15, 0.2) is 46.0 Å². The molecule has 1 N–H and O–H groups in total. The number of amides is 1. The number of benzene rings is 2. The molecule has 1 aromatic heterocycles. The first kappa shape index (κ1) is 21.1. The van der Waals surface area contributed by atoms with Crippen molar-refractivity contribution in [2.75, 3.05) is 19.5 Å². The van der Waals surface area contributed by atoms with Crippen molar-refractivity contribution in [2.24, 2.45) is 0 Å². The summed E-state index contributed by atoms with van der Waals surface area (Å²) in [6.45, 7) is 1.68. The second-order valence-electron chi connectivity index (χ2n) is 5.78. The average molecular weight is 482 g/mol. The molecular formula is C18H17BrFN5O3S. The Hall–Kier alpha value is -2.66. The van der Waals surface area contributed by atoms with Crippen LogP contribution in [-0.2, 0) is 4.79 Å². The van der Waals surface area contributed by atoms with E-state index in [2.05, 4.69) is 36.8 Å². The minimum atomic E-state index is -0.598. The largest absolute Gasteiger partial charge is 0.497 e. The number of halogens is 2. The summed E-state index contributed by atoms with van der Waals surface area (Å²) in [5.74, 6) is 0.219. The van der Waals surface area contributed by atoms with Gasteiger partial charge in [-0.2, -0.15) is 4.68 Å². The lowest BCUT2D eigenvalue weighted by Gasteiger charge is -2.14. The Morgan fingerprint density at radius 1 is 1.24 bits per heavy atom. The second-order valence-corrected chi connectivity index (χ2v) is 8.01. The number of hydrogen-bond acceptors (Lipinski definition) is 7. The number of anilines is 1. The molecule has 8 nitrogen and oxygen atoms in total. The van der Waals surface area contributed by atoms with Gasteiger partial charge in [-0.05, 0) is 47.7 Å². The molecule has 11 heteroatoms. The highest BCUT2D eigenvalue weighted by Gasteiger charge is 2.22. The van der Waals surface area contributed by atoms with E-state index in [0.717, 1.165) is 11.8 Å². The molecule has 0 fully saturated rings. The Labute approximate surface area is 178 Å². The van der Waals surface area contributed by atoms with E-state index < -0.39 is 11.1 Å². The predicted molar refractivity (Wildman–Crippen MR) is 110 cm³/mol. The van der Waals surface area contributed by atoms with E-state index in [1.54, 1.807) is 38.3 Å². The molecule has 1 heterocycles. The molecule has 0 aliphatic rings. The maximum atomic E-state index is 14.0. The summed E-state index contributed by atoms with van der Waals surface area (Å²) in [5, 5.41) is 14.0. The molecular weight excluding hydrogens is 465 g/mol. The fourth-order valence-electron chi connectivity index (χ4n) is 2.40. The van der Waals surface area contributed by atoms with E-state index in [4.69, 9.17) is 9.47 Å². The summed E-state index contributed by atoms with van der Waals surface area (Å²) in [6.07, 6.45) is 0. The number of methoxy groups -OCH3 is 2. The summed E-state index contributed by atoms with van der Waals surface area (Å²) < 4.78 is 26.6. The minimum Gasteiger partial charge on any atom is -0.497 e. The number of rotatable bonds is 7. The molecule has 152 valence electrons. The number of hydrogen-bond donors (Lipinski definition) is 1. The van der Waals surface area contributed by atoms with Crippen molar-refractivity contribution < 1.29 is 18.7 Å². The van der Waals surface area contributed by atoms with Crippen molar-refractivity contribution in [1.82, 2.24) is 20.2 Å². The molecule has 0 saturated carbocycles. The molecule has 29 heavy (non-hydrogen) atoms. The van der Waals surface area contributed by atoms with Crippen molar-refractivity contribution in [3.05, 3.63) is 46.7 Å². The van der Waals surface area contributed by atoms with Crippen LogP contribution in [0.2, 0.25) is 0 Å². The van der Waals surface area contributed by atoms with Crippen molar-refractivity contribution >= 4 is 39.3 Å². The lowest BCUT2D eigenvalue weighted by Crippen LogP contribution is -2.23. The Bertz CT molecular complexity index is 1030. The molecule has 1 unspecified atom stereocenters. The summed E-state index contributed by atoms with van der Waals surface area (Å²) >= 11 is 4.31. The molecule has 3 rings (SSSR count). The first-order valence-electron chi connectivity index (χ1n) is 8.36. The number of aromatic nitrogens is 4. The average Bonchev–Trinajstić information content (AvgIpc) is 3.17. The van der Waals surface area contributed by atoms with Crippen LogP contribution in [-0.4, -0.2) is 45.6 Å². The first-order chi connectivity index (χ1) is 13.9. The lowest BCUT2D eigenvalue weighted by atomic mass is 10.3. The summed E-state index contributed by atoms with van der Waals surface area (Å²) in [5.41, 5.74) is 0.658. The van der Waals surface area contributed by atoms with Crippen LogP contribution in [0.5, 0.6) is 11.5 Å². The van der Waals surface area contributed by atoms with Crippen LogP contribution in [0, 0.1) is 5.82 Å². The normalized spacial score (nSPS) is 11.8. The lowest BCUT2D eigenvalue weighted by molar-refractivity contribution is -0.115. The molecule has 1 amide bonds. The van der Waals surface area contributed by atoms with Gasteiger partial charge in [-0.15, -0.1) is 5.10 Å². The van der Waals surface area contributed by atoms with Gasteiger partial charge in [0.15, 0.2) is 0 Å². The molecule has 0 radical (unpaired) electrons. The van der Waals surface area contributed by atoms with E-state index in [1.165, 1.54) is 23.9 Å². The number of tetrazole rings is 1. The predicted octanol–water partition coefficient (Wildman–Crippen LogP) is 3.70. The standard InChI is InChI=1S/C18H17BrFN5O3S/c1-10(17(26)21-14-6-4-11(19)8-13(14)20)29-18-22-23-24-25(18)15-9-12(27-2)5-7-16(15)28-3/h4-10H,1-3H3,(H,21,26). The van der Waals surface area contributed by atoms with Crippen molar-refractivity contribution in [3.8, 4) is 17.2 Å². The Morgan fingerprint density at radius 2 is 2.03 bits per heavy atom. The Kier molecular flexibility index (Phi) is 6.70. The molecule has 2 aromatic carbocycles. The third kappa shape index (κ3) is 4.85. The van der Waals surface area contributed by atoms with E-state index in [-0.39, 0.29) is 11.6 Å². The zero-order chi connectivity index (χ0) is 21.0. The molecule has 0 spiro atoms. The number of carbonyl (C=O) groups excluding carboxylic acids is 1. The third-order valence-electron chi connectivity index (χ3n) is 3.90. The van der Waals surface area contributed by atoms with Crippen LogP contribution >= 0.6 is 27.7 Å². The molecule has 0 aliphatic heterocycles. The van der Waals surface area contributed by atoms with E-state index >= 15 is 0 Å². The number of ether oxygens (including phenoxy) is 2. The zero-order valence-corrected chi connectivity index (χ0v) is 18.1. The van der Waals surface area contributed by atoms with Crippen LogP contribution in [0.1, 0.15) is 6.92 Å². The number of nitrogens with zero attached hydrogens (tertiary/aromatic N) is 4. The molecule has 0 saturated heterocycles. The van der Waals surface area contributed by atoms with E-state index in [0.29, 0.717) is 26.8 Å². The van der Waals surface area contributed by atoms with Crippen molar-refractivity contribution in [2.45, 2.75) is 17.3 Å². The van der Waals surface area contributed by atoms with E-state index in [1.807, 2.05) is 0 Å². The van der Waals surface area contributed by atoms with Gasteiger partial charge in [-0.1, -0.05) is 27.7 Å². The third-order valence-corrected chi connectivity index (χ3v) is 5.42. The highest BCUT2D eigenvalue weighted by Crippen LogP contribution is 2.31. The maximum Gasteiger partial charge on any atom is 0.237 e. The van der Waals surface area contributed by atoms with Crippen LogP contribution < -0.4 is 14.8 Å². The SMILES string of the molecule is COc1ccc(OC)c(-n2nnnc2SC(C)C(=O)Nc2ccc(Br)cc2F)c1. The monoisotopic (exact) mass is 481 g/mol. The minimum absolute atomic E-state index is 0.0970. The smallest absolute Gasteiger partial charge is 0.237 e. The number of carbonyl (C=O) groups is 1.